The monoisotopic (exact) mass is 374 g/mol. The molecule has 2 aromatic carbocycles. The third-order valence-electron chi connectivity index (χ3n) is 4.21. The van der Waals surface area contributed by atoms with Crippen molar-refractivity contribution in [3.8, 4) is 0 Å². The van der Waals surface area contributed by atoms with Crippen LogP contribution in [0.2, 0.25) is 0 Å². The molecule has 2 aromatic rings. The summed E-state index contributed by atoms with van der Waals surface area (Å²) in [5, 5.41) is 2.88. The van der Waals surface area contributed by atoms with E-state index >= 15 is 0 Å². The smallest absolute Gasteiger partial charge is 0.225 e. The summed E-state index contributed by atoms with van der Waals surface area (Å²) in [6, 6.07) is 15.3. The molecule has 0 spiro atoms. The number of sulfonamides is 1. The Morgan fingerprint density at radius 1 is 1.08 bits per heavy atom. The maximum atomic E-state index is 12.3. The Balaban J connectivity index is 2.00. The van der Waals surface area contributed by atoms with Gasteiger partial charge in [-0.2, -0.15) is 4.31 Å². The van der Waals surface area contributed by atoms with E-state index in [2.05, 4.69) is 5.32 Å². The van der Waals surface area contributed by atoms with Crippen LogP contribution in [0.3, 0.4) is 0 Å². The van der Waals surface area contributed by atoms with Gasteiger partial charge < -0.3 is 5.32 Å². The van der Waals surface area contributed by atoms with E-state index in [0.717, 1.165) is 28.8 Å². The first-order valence-corrected chi connectivity index (χ1v) is 10.5. The van der Waals surface area contributed by atoms with Crippen molar-refractivity contribution in [1.82, 2.24) is 4.31 Å². The van der Waals surface area contributed by atoms with Crippen molar-refractivity contribution in [1.29, 1.82) is 0 Å². The van der Waals surface area contributed by atoms with E-state index in [1.807, 2.05) is 62.4 Å². The van der Waals surface area contributed by atoms with Crippen LogP contribution in [0.25, 0.3) is 0 Å². The van der Waals surface area contributed by atoms with E-state index in [9.17, 15) is 13.2 Å². The molecule has 0 saturated carbocycles. The molecule has 26 heavy (non-hydrogen) atoms. The van der Waals surface area contributed by atoms with Crippen LogP contribution in [-0.2, 0) is 27.8 Å². The number of carbonyl (C=O) groups excluding carboxylic acids is 1. The largest absolute Gasteiger partial charge is 0.326 e. The summed E-state index contributed by atoms with van der Waals surface area (Å²) in [4.78, 5) is 12.3. The third-order valence-corrected chi connectivity index (χ3v) is 5.46. The number of rotatable bonds is 8. The number of amides is 1. The normalized spacial score (nSPS) is 11.5. The van der Waals surface area contributed by atoms with Gasteiger partial charge in [-0.05, 0) is 30.5 Å². The standard InChI is InChI=1S/C20H26N2O3S/c1-4-18-7-5-6-8-19(18)21-20(23)13-14-22(26(3,24)25)15-17-11-9-16(2)10-12-17/h5-12H,4,13-15H2,1-3H3,(H,21,23). The van der Waals surface area contributed by atoms with Gasteiger partial charge in [-0.1, -0.05) is 55.0 Å². The molecule has 0 bridgehead atoms. The number of hydrogen-bond acceptors (Lipinski definition) is 3. The van der Waals surface area contributed by atoms with Crippen LogP contribution in [0.1, 0.15) is 30.0 Å². The predicted octanol–water partition coefficient (Wildman–Crippen LogP) is 3.35. The lowest BCUT2D eigenvalue weighted by molar-refractivity contribution is -0.116. The summed E-state index contributed by atoms with van der Waals surface area (Å²) in [6.45, 7) is 4.42. The topological polar surface area (TPSA) is 66.5 Å². The van der Waals surface area contributed by atoms with E-state index in [1.165, 1.54) is 10.6 Å². The molecular formula is C20H26N2O3S. The SMILES string of the molecule is CCc1ccccc1NC(=O)CCN(Cc1ccc(C)cc1)S(C)(=O)=O. The minimum atomic E-state index is -3.40. The molecular weight excluding hydrogens is 348 g/mol. The Morgan fingerprint density at radius 3 is 2.35 bits per heavy atom. The van der Waals surface area contributed by atoms with Gasteiger partial charge >= 0.3 is 0 Å². The number of benzene rings is 2. The summed E-state index contributed by atoms with van der Waals surface area (Å²) in [5.74, 6) is -0.191. The summed E-state index contributed by atoms with van der Waals surface area (Å²) in [7, 11) is -3.40. The highest BCUT2D eigenvalue weighted by Crippen LogP contribution is 2.16. The fraction of sp³-hybridized carbons (Fsp3) is 0.350. The van der Waals surface area contributed by atoms with Crippen molar-refractivity contribution in [2.24, 2.45) is 0 Å². The fourth-order valence-electron chi connectivity index (χ4n) is 2.65. The quantitative estimate of drug-likeness (QED) is 0.770. The summed E-state index contributed by atoms with van der Waals surface area (Å²) in [6.07, 6.45) is 2.10. The number of carbonyl (C=O) groups is 1. The highest BCUT2D eigenvalue weighted by Gasteiger charge is 2.18. The van der Waals surface area contributed by atoms with Gasteiger partial charge in [0.05, 0.1) is 6.26 Å². The second kappa shape index (κ2) is 8.96. The Morgan fingerprint density at radius 2 is 1.73 bits per heavy atom. The number of para-hydroxylation sites is 1. The van der Waals surface area contributed by atoms with Crippen LogP contribution in [0.15, 0.2) is 48.5 Å². The van der Waals surface area contributed by atoms with E-state index in [1.54, 1.807) is 0 Å². The molecule has 0 fully saturated rings. The summed E-state index contributed by atoms with van der Waals surface area (Å²) >= 11 is 0. The van der Waals surface area contributed by atoms with E-state index < -0.39 is 10.0 Å². The van der Waals surface area contributed by atoms with Crippen LogP contribution < -0.4 is 5.32 Å². The average Bonchev–Trinajstić information content (AvgIpc) is 2.59. The zero-order valence-corrected chi connectivity index (χ0v) is 16.3. The highest BCUT2D eigenvalue weighted by atomic mass is 32.2. The second-order valence-electron chi connectivity index (χ2n) is 6.39. The van der Waals surface area contributed by atoms with Gasteiger partial charge in [0.2, 0.25) is 15.9 Å². The Hall–Kier alpha value is -2.18. The maximum absolute atomic E-state index is 12.3. The Labute approximate surface area is 156 Å². The van der Waals surface area contributed by atoms with E-state index in [-0.39, 0.29) is 25.4 Å². The van der Waals surface area contributed by atoms with Gasteiger partial charge in [-0.15, -0.1) is 0 Å². The molecule has 1 N–H and O–H groups in total. The van der Waals surface area contributed by atoms with Crippen LogP contribution in [0.5, 0.6) is 0 Å². The van der Waals surface area contributed by atoms with Crippen LogP contribution >= 0.6 is 0 Å². The molecule has 2 rings (SSSR count). The minimum Gasteiger partial charge on any atom is -0.326 e. The van der Waals surface area contributed by atoms with Crippen molar-refractivity contribution < 1.29 is 13.2 Å². The summed E-state index contributed by atoms with van der Waals surface area (Å²) < 4.78 is 25.5. The lowest BCUT2D eigenvalue weighted by Gasteiger charge is -2.20. The van der Waals surface area contributed by atoms with Gasteiger partial charge in [-0.25, -0.2) is 8.42 Å². The number of aryl methyl sites for hydroxylation is 2. The van der Waals surface area contributed by atoms with Gasteiger partial charge in [0.1, 0.15) is 0 Å². The van der Waals surface area contributed by atoms with Crippen LogP contribution in [0.4, 0.5) is 5.69 Å². The minimum absolute atomic E-state index is 0.108. The van der Waals surface area contributed by atoms with Crippen molar-refractivity contribution in [3.63, 3.8) is 0 Å². The number of hydrogen-bond donors (Lipinski definition) is 1. The Kier molecular flexibility index (Phi) is 6.94. The van der Waals surface area contributed by atoms with Crippen molar-refractivity contribution >= 4 is 21.6 Å². The lowest BCUT2D eigenvalue weighted by Crippen LogP contribution is -2.32. The van der Waals surface area contributed by atoms with Crippen LogP contribution in [-0.4, -0.2) is 31.4 Å². The number of anilines is 1. The molecule has 5 nitrogen and oxygen atoms in total. The molecule has 0 aliphatic heterocycles. The van der Waals surface area contributed by atoms with Gasteiger partial charge in [0, 0.05) is 25.2 Å². The third kappa shape index (κ3) is 5.97. The molecule has 0 aliphatic rings. The molecule has 0 unspecified atom stereocenters. The number of nitrogens with zero attached hydrogens (tertiary/aromatic N) is 1. The molecule has 0 heterocycles. The van der Waals surface area contributed by atoms with Crippen LogP contribution in [0, 0.1) is 6.92 Å². The van der Waals surface area contributed by atoms with Gasteiger partial charge in [0.25, 0.3) is 0 Å². The van der Waals surface area contributed by atoms with Gasteiger partial charge in [-0.3, -0.25) is 4.79 Å². The van der Waals surface area contributed by atoms with E-state index in [4.69, 9.17) is 0 Å². The highest BCUT2D eigenvalue weighted by molar-refractivity contribution is 7.88. The zero-order valence-electron chi connectivity index (χ0n) is 15.5. The average molecular weight is 375 g/mol. The zero-order chi connectivity index (χ0) is 19.2. The first-order chi connectivity index (χ1) is 12.3. The first kappa shape index (κ1) is 20.1. The van der Waals surface area contributed by atoms with Gasteiger partial charge in [0.15, 0.2) is 0 Å². The summed E-state index contributed by atoms with van der Waals surface area (Å²) in [5.41, 5.74) is 3.86. The Bertz CT molecular complexity index is 846. The second-order valence-corrected chi connectivity index (χ2v) is 8.37. The van der Waals surface area contributed by atoms with Crippen molar-refractivity contribution in [3.05, 3.63) is 65.2 Å². The van der Waals surface area contributed by atoms with E-state index in [0.29, 0.717) is 0 Å². The predicted molar refractivity (Wildman–Crippen MR) is 105 cm³/mol. The number of nitrogens with one attached hydrogen (secondary N) is 1. The molecule has 6 heteroatoms. The molecule has 0 radical (unpaired) electrons. The fourth-order valence-corrected chi connectivity index (χ4v) is 3.46. The first-order valence-electron chi connectivity index (χ1n) is 8.68. The molecule has 0 aliphatic carbocycles. The molecule has 0 aromatic heterocycles. The van der Waals surface area contributed by atoms with Crippen molar-refractivity contribution in [2.45, 2.75) is 33.2 Å². The van der Waals surface area contributed by atoms with Crippen molar-refractivity contribution in [2.75, 3.05) is 18.1 Å². The molecule has 0 saturated heterocycles. The molecule has 140 valence electrons. The molecule has 0 atom stereocenters. The lowest BCUT2D eigenvalue weighted by atomic mass is 10.1. The molecule has 1 amide bonds. The maximum Gasteiger partial charge on any atom is 0.225 e.